The standard InChI is InChI=1S/C27H28ClF3N4O5/c1-25(2,3)27(14-34(24(39)40)23(38)33-27)22(37)35(17-8-6-7-15(29)11-17)20(18-9-4-5-10-19(18)28)21(36)32-16-12-26(30,31)13-16/h4-11,16,20H,12-14H2,1-3H3,(H,32,36)(H,33,38)(H,39,40)/t20?,27-/m0/s1. The van der Waals surface area contributed by atoms with Gasteiger partial charge in [0.15, 0.2) is 0 Å². The number of carbonyl (C=O) groups is 4. The average molecular weight is 581 g/mol. The number of carbonyl (C=O) groups excluding carboxylic acids is 3. The molecule has 3 N–H and O–H groups in total. The number of hydrogen-bond acceptors (Lipinski definition) is 4. The first-order valence-corrected chi connectivity index (χ1v) is 12.8. The Bertz CT molecular complexity index is 1360. The Morgan fingerprint density at radius 2 is 1.80 bits per heavy atom. The van der Waals surface area contributed by atoms with Gasteiger partial charge in [0.1, 0.15) is 17.4 Å². The predicted molar refractivity (Wildman–Crippen MR) is 140 cm³/mol. The highest BCUT2D eigenvalue weighted by atomic mass is 35.5. The van der Waals surface area contributed by atoms with Gasteiger partial charge in [-0.2, -0.15) is 0 Å². The third kappa shape index (κ3) is 5.32. The number of urea groups is 1. The summed E-state index contributed by atoms with van der Waals surface area (Å²) < 4.78 is 41.7. The Hall–Kier alpha value is -3.80. The summed E-state index contributed by atoms with van der Waals surface area (Å²) in [7, 11) is 0. The molecule has 214 valence electrons. The van der Waals surface area contributed by atoms with Crippen LogP contribution in [-0.2, 0) is 9.59 Å². The Balaban J connectivity index is 1.90. The van der Waals surface area contributed by atoms with Crippen LogP contribution in [0.5, 0.6) is 0 Å². The Kier molecular flexibility index (Phi) is 7.52. The van der Waals surface area contributed by atoms with Gasteiger partial charge in [0, 0.05) is 35.2 Å². The molecule has 2 aromatic rings. The SMILES string of the molecule is CC(C)(C)[C@@]1(C(=O)N(c2cccc(F)c2)C(C(=O)NC2CC(F)(F)C2)c2ccccc2Cl)CN(C(=O)O)C(=O)N1. The minimum Gasteiger partial charge on any atom is -0.465 e. The van der Waals surface area contributed by atoms with Gasteiger partial charge in [-0.1, -0.05) is 56.6 Å². The molecule has 13 heteroatoms. The van der Waals surface area contributed by atoms with E-state index in [-0.39, 0.29) is 16.3 Å². The molecule has 1 aliphatic carbocycles. The number of benzene rings is 2. The summed E-state index contributed by atoms with van der Waals surface area (Å²) in [4.78, 5) is 54.4. The molecule has 2 atom stereocenters. The second kappa shape index (κ2) is 10.3. The zero-order valence-electron chi connectivity index (χ0n) is 21.9. The lowest BCUT2D eigenvalue weighted by molar-refractivity contribution is -0.135. The van der Waals surface area contributed by atoms with E-state index in [4.69, 9.17) is 11.6 Å². The molecular weight excluding hydrogens is 553 g/mol. The monoisotopic (exact) mass is 580 g/mol. The third-order valence-corrected chi connectivity index (χ3v) is 7.63. The molecule has 1 saturated carbocycles. The minimum absolute atomic E-state index is 0.0585. The lowest BCUT2D eigenvalue weighted by Crippen LogP contribution is -2.66. The first kappa shape index (κ1) is 29.2. The summed E-state index contributed by atoms with van der Waals surface area (Å²) in [5.41, 5.74) is -3.05. The molecule has 0 aromatic heterocycles. The number of carboxylic acid groups (broad SMARTS) is 1. The van der Waals surface area contributed by atoms with Crippen LogP contribution in [0.4, 0.5) is 28.4 Å². The Labute approximate surface area is 233 Å². The largest absolute Gasteiger partial charge is 0.465 e. The summed E-state index contributed by atoms with van der Waals surface area (Å²) in [6, 6.07) is 7.30. The number of alkyl halides is 2. The van der Waals surface area contributed by atoms with E-state index in [2.05, 4.69) is 10.6 Å². The minimum atomic E-state index is -2.94. The number of imide groups is 1. The highest BCUT2D eigenvalue weighted by molar-refractivity contribution is 6.31. The fourth-order valence-corrected chi connectivity index (χ4v) is 5.21. The van der Waals surface area contributed by atoms with Crippen molar-refractivity contribution >= 4 is 41.2 Å². The second-order valence-corrected chi connectivity index (χ2v) is 11.4. The van der Waals surface area contributed by atoms with Crippen molar-refractivity contribution in [3.8, 4) is 0 Å². The van der Waals surface area contributed by atoms with Crippen molar-refractivity contribution in [3.05, 3.63) is 64.9 Å². The van der Waals surface area contributed by atoms with Crippen molar-refractivity contribution in [1.29, 1.82) is 0 Å². The topological polar surface area (TPSA) is 119 Å². The van der Waals surface area contributed by atoms with E-state index in [1.54, 1.807) is 32.9 Å². The lowest BCUT2D eigenvalue weighted by Gasteiger charge is -2.45. The summed E-state index contributed by atoms with van der Waals surface area (Å²) in [6.07, 6.45) is -2.80. The van der Waals surface area contributed by atoms with Crippen LogP contribution in [0, 0.1) is 11.2 Å². The van der Waals surface area contributed by atoms with Gasteiger partial charge in [0.25, 0.3) is 11.8 Å². The maximum Gasteiger partial charge on any atom is 0.415 e. The molecule has 1 aliphatic heterocycles. The number of nitrogens with one attached hydrogen (secondary N) is 2. The van der Waals surface area contributed by atoms with E-state index in [0.717, 1.165) is 17.0 Å². The molecule has 40 heavy (non-hydrogen) atoms. The fourth-order valence-electron chi connectivity index (χ4n) is 4.97. The van der Waals surface area contributed by atoms with Crippen molar-refractivity contribution in [2.45, 2.75) is 57.2 Å². The van der Waals surface area contributed by atoms with Crippen molar-refractivity contribution in [1.82, 2.24) is 15.5 Å². The van der Waals surface area contributed by atoms with Crippen LogP contribution in [0.25, 0.3) is 0 Å². The van der Waals surface area contributed by atoms with E-state index < -0.39 is 78.1 Å². The molecular formula is C27H28ClF3N4O5. The number of rotatable bonds is 6. The zero-order chi connectivity index (χ0) is 29.6. The maximum atomic E-state index is 14.7. The molecule has 9 nitrogen and oxygen atoms in total. The first-order chi connectivity index (χ1) is 18.6. The number of amides is 5. The van der Waals surface area contributed by atoms with Crippen LogP contribution in [-0.4, -0.2) is 58.0 Å². The first-order valence-electron chi connectivity index (χ1n) is 12.4. The molecule has 2 fully saturated rings. The van der Waals surface area contributed by atoms with Crippen LogP contribution < -0.4 is 15.5 Å². The average Bonchev–Trinajstić information content (AvgIpc) is 3.20. The number of nitrogens with zero attached hydrogens (tertiary/aromatic N) is 2. The van der Waals surface area contributed by atoms with Gasteiger partial charge < -0.3 is 15.7 Å². The molecule has 0 spiro atoms. The summed E-state index contributed by atoms with van der Waals surface area (Å²) in [5.74, 6) is -5.49. The second-order valence-electron chi connectivity index (χ2n) is 11.0. The third-order valence-electron chi connectivity index (χ3n) is 7.29. The summed E-state index contributed by atoms with van der Waals surface area (Å²) >= 11 is 6.46. The Morgan fingerprint density at radius 3 is 2.33 bits per heavy atom. The molecule has 0 bridgehead atoms. The van der Waals surface area contributed by atoms with Crippen LogP contribution in [0.1, 0.15) is 45.2 Å². The van der Waals surface area contributed by atoms with Crippen molar-refractivity contribution in [2.75, 3.05) is 11.4 Å². The van der Waals surface area contributed by atoms with E-state index >= 15 is 0 Å². The molecule has 1 saturated heterocycles. The van der Waals surface area contributed by atoms with Gasteiger partial charge in [-0.25, -0.2) is 27.7 Å². The molecule has 4 rings (SSSR count). The normalized spacial score (nSPS) is 21.3. The van der Waals surface area contributed by atoms with E-state index in [1.165, 1.54) is 24.3 Å². The zero-order valence-corrected chi connectivity index (χ0v) is 22.6. The molecule has 2 aliphatic rings. The number of halogens is 4. The van der Waals surface area contributed by atoms with E-state index in [1.807, 2.05) is 0 Å². The maximum absolute atomic E-state index is 14.7. The lowest BCUT2D eigenvalue weighted by atomic mass is 9.72. The van der Waals surface area contributed by atoms with Gasteiger partial charge in [0.2, 0.25) is 5.91 Å². The van der Waals surface area contributed by atoms with Gasteiger partial charge in [0.05, 0.1) is 6.54 Å². The van der Waals surface area contributed by atoms with Gasteiger partial charge in [-0.3, -0.25) is 14.5 Å². The van der Waals surface area contributed by atoms with Crippen LogP contribution >= 0.6 is 11.6 Å². The highest BCUT2D eigenvalue weighted by Gasteiger charge is 2.60. The number of hydrogen-bond donors (Lipinski definition) is 3. The van der Waals surface area contributed by atoms with Crippen molar-refractivity contribution in [3.63, 3.8) is 0 Å². The highest BCUT2D eigenvalue weighted by Crippen LogP contribution is 2.42. The molecule has 1 unspecified atom stereocenters. The molecule has 2 aromatic carbocycles. The van der Waals surface area contributed by atoms with Crippen LogP contribution in [0.2, 0.25) is 5.02 Å². The number of anilines is 1. The smallest absolute Gasteiger partial charge is 0.415 e. The van der Waals surface area contributed by atoms with Crippen LogP contribution in [0.15, 0.2) is 48.5 Å². The fraction of sp³-hybridized carbons (Fsp3) is 0.407. The molecule has 5 amide bonds. The Morgan fingerprint density at radius 1 is 1.15 bits per heavy atom. The quantitative estimate of drug-likeness (QED) is 0.446. The van der Waals surface area contributed by atoms with E-state index in [0.29, 0.717) is 4.90 Å². The van der Waals surface area contributed by atoms with Crippen molar-refractivity contribution < 1.29 is 37.5 Å². The summed E-state index contributed by atoms with van der Waals surface area (Å²) in [6.45, 7) is 4.19. The predicted octanol–water partition coefficient (Wildman–Crippen LogP) is 4.96. The van der Waals surface area contributed by atoms with Crippen LogP contribution in [0.3, 0.4) is 0 Å². The van der Waals surface area contributed by atoms with Crippen molar-refractivity contribution in [2.24, 2.45) is 5.41 Å². The molecule has 1 heterocycles. The summed E-state index contributed by atoms with van der Waals surface area (Å²) in [5, 5.41) is 14.7. The van der Waals surface area contributed by atoms with Gasteiger partial charge in [-0.15, -0.1) is 0 Å². The van der Waals surface area contributed by atoms with Gasteiger partial charge >= 0.3 is 12.1 Å². The molecule has 0 radical (unpaired) electrons. The van der Waals surface area contributed by atoms with Gasteiger partial charge in [-0.05, 0) is 29.7 Å². The van der Waals surface area contributed by atoms with E-state index in [9.17, 15) is 37.5 Å².